The van der Waals surface area contributed by atoms with Crippen LogP contribution in [-0.4, -0.2) is 36.5 Å². The van der Waals surface area contributed by atoms with Crippen molar-refractivity contribution in [1.82, 2.24) is 4.98 Å². The summed E-state index contributed by atoms with van der Waals surface area (Å²) < 4.78 is 29.2. The molecule has 2 N–H and O–H groups in total. The van der Waals surface area contributed by atoms with Gasteiger partial charge in [-0.25, -0.2) is 13.4 Å². The molecule has 2 aromatic rings. The molecule has 29 heavy (non-hydrogen) atoms. The van der Waals surface area contributed by atoms with Gasteiger partial charge in [-0.1, -0.05) is 11.8 Å². The van der Waals surface area contributed by atoms with Gasteiger partial charge in [-0.3, -0.25) is 4.98 Å². The highest BCUT2D eigenvalue weighted by Crippen LogP contribution is 2.46. The first kappa shape index (κ1) is 18.6. The Balaban J connectivity index is 1.43. The van der Waals surface area contributed by atoms with E-state index in [-0.39, 0.29) is 17.5 Å². The molecular formula is C21H21N3O3S2. The van der Waals surface area contributed by atoms with E-state index in [1.807, 2.05) is 13.1 Å². The molecule has 1 atom stereocenters. The number of nitrogens with zero attached hydrogens (tertiary/aromatic N) is 2. The van der Waals surface area contributed by atoms with Crippen LogP contribution < -0.4 is 5.73 Å². The van der Waals surface area contributed by atoms with Crippen molar-refractivity contribution in [3.63, 3.8) is 0 Å². The van der Waals surface area contributed by atoms with Crippen LogP contribution in [0.3, 0.4) is 0 Å². The fourth-order valence-corrected chi connectivity index (χ4v) is 6.97. The monoisotopic (exact) mass is 427 g/mol. The van der Waals surface area contributed by atoms with E-state index in [2.05, 4.69) is 39.3 Å². The van der Waals surface area contributed by atoms with Crippen LogP contribution in [-0.2, 0) is 20.1 Å². The third-order valence-electron chi connectivity index (χ3n) is 5.51. The van der Waals surface area contributed by atoms with Gasteiger partial charge in [-0.05, 0) is 42.8 Å². The maximum Gasteiger partial charge on any atom is 0.283 e. The number of nitrogens with two attached hydrogens (primary N) is 1. The third kappa shape index (κ3) is 3.65. The third-order valence-corrected chi connectivity index (χ3v) is 8.63. The largest absolute Gasteiger partial charge is 0.457 e. The first-order valence-corrected chi connectivity index (χ1v) is 12.3. The summed E-state index contributed by atoms with van der Waals surface area (Å²) in [7, 11) is -3.05. The number of hydrogen-bond acceptors (Lipinski definition) is 7. The highest BCUT2D eigenvalue weighted by Gasteiger charge is 2.57. The molecule has 6 nitrogen and oxygen atoms in total. The van der Waals surface area contributed by atoms with Crippen molar-refractivity contribution in [1.29, 1.82) is 0 Å². The first-order valence-electron chi connectivity index (χ1n) is 9.55. The second kappa shape index (κ2) is 6.31. The molecule has 150 valence electrons. The van der Waals surface area contributed by atoms with E-state index in [0.717, 1.165) is 21.6 Å². The van der Waals surface area contributed by atoms with E-state index in [4.69, 9.17) is 10.5 Å². The summed E-state index contributed by atoms with van der Waals surface area (Å²) in [5.41, 5.74) is 7.53. The number of pyridine rings is 1. The number of amidine groups is 1. The summed E-state index contributed by atoms with van der Waals surface area (Å²) in [6, 6.07) is 4.20. The Labute approximate surface area is 174 Å². The van der Waals surface area contributed by atoms with Crippen LogP contribution in [0.5, 0.6) is 0 Å². The zero-order valence-corrected chi connectivity index (χ0v) is 17.6. The summed E-state index contributed by atoms with van der Waals surface area (Å²) in [5, 5.41) is 2.07. The molecule has 1 spiro atoms. The van der Waals surface area contributed by atoms with Gasteiger partial charge in [0.2, 0.25) is 0 Å². The van der Waals surface area contributed by atoms with Crippen LogP contribution in [0.25, 0.3) is 11.1 Å². The molecule has 0 radical (unpaired) electrons. The van der Waals surface area contributed by atoms with Crippen LogP contribution >= 0.6 is 11.3 Å². The van der Waals surface area contributed by atoms with Crippen molar-refractivity contribution in [2.45, 2.75) is 37.3 Å². The van der Waals surface area contributed by atoms with Gasteiger partial charge in [-0.15, -0.1) is 11.3 Å². The van der Waals surface area contributed by atoms with E-state index in [1.54, 1.807) is 17.5 Å². The summed E-state index contributed by atoms with van der Waals surface area (Å²) in [4.78, 5) is 9.90. The average molecular weight is 428 g/mol. The van der Waals surface area contributed by atoms with Crippen molar-refractivity contribution < 1.29 is 13.2 Å². The van der Waals surface area contributed by atoms with Gasteiger partial charge in [0.15, 0.2) is 9.84 Å². The lowest BCUT2D eigenvalue weighted by Crippen LogP contribution is -2.62. The highest BCUT2D eigenvalue weighted by atomic mass is 32.2. The molecule has 4 heterocycles. The van der Waals surface area contributed by atoms with Gasteiger partial charge >= 0.3 is 0 Å². The van der Waals surface area contributed by atoms with Crippen LogP contribution in [0.4, 0.5) is 0 Å². The van der Waals surface area contributed by atoms with E-state index < -0.39 is 21.0 Å². The molecule has 8 heteroatoms. The Hall–Kier alpha value is -2.37. The van der Waals surface area contributed by atoms with E-state index in [9.17, 15) is 8.42 Å². The quantitative estimate of drug-likeness (QED) is 0.744. The molecule has 3 aliphatic rings. The smallest absolute Gasteiger partial charge is 0.283 e. The minimum absolute atomic E-state index is 0.00429. The molecular weight excluding hydrogens is 406 g/mol. The summed E-state index contributed by atoms with van der Waals surface area (Å²) in [5.74, 6) is 7.02. The van der Waals surface area contributed by atoms with Gasteiger partial charge in [-0.2, -0.15) is 0 Å². The van der Waals surface area contributed by atoms with Crippen molar-refractivity contribution in [3.8, 4) is 23.0 Å². The average Bonchev–Trinajstić information content (AvgIpc) is 3.30. The minimum Gasteiger partial charge on any atom is -0.457 e. The zero-order chi connectivity index (χ0) is 20.3. The molecule has 1 saturated heterocycles. The van der Waals surface area contributed by atoms with Gasteiger partial charge in [0.25, 0.3) is 6.02 Å². The van der Waals surface area contributed by atoms with Crippen LogP contribution in [0.1, 0.15) is 36.6 Å². The standard InChI is InChI=1S/C21H21N3O3S2/c1-20(11-21(27-19(22)24-20)12-29(25,26)13-21)18-7-17(10-28-18)16-6-15(8-23-9-16)5-4-14-2-3-14/h6-10,14H,2-3,11-13H2,1H3,(H2,22,24). The number of ether oxygens (including phenoxy) is 1. The maximum absolute atomic E-state index is 11.8. The highest BCUT2D eigenvalue weighted by molar-refractivity contribution is 7.93. The van der Waals surface area contributed by atoms with Crippen molar-refractivity contribution >= 4 is 27.2 Å². The summed E-state index contributed by atoms with van der Waals surface area (Å²) in [6.45, 7) is 1.99. The van der Waals surface area contributed by atoms with E-state index in [1.165, 1.54) is 12.8 Å². The van der Waals surface area contributed by atoms with E-state index in [0.29, 0.717) is 12.3 Å². The Morgan fingerprint density at radius 3 is 2.76 bits per heavy atom. The summed E-state index contributed by atoms with van der Waals surface area (Å²) in [6.07, 6.45) is 6.51. The van der Waals surface area contributed by atoms with Crippen LogP contribution in [0, 0.1) is 17.8 Å². The second-order valence-corrected chi connectivity index (χ2v) is 11.4. The number of rotatable bonds is 2. The Morgan fingerprint density at radius 1 is 1.24 bits per heavy atom. The minimum atomic E-state index is -3.05. The molecule has 1 aliphatic carbocycles. The predicted octanol–water partition coefficient (Wildman–Crippen LogP) is 2.69. The van der Waals surface area contributed by atoms with Crippen LogP contribution in [0.2, 0.25) is 0 Å². The summed E-state index contributed by atoms with van der Waals surface area (Å²) >= 11 is 1.59. The molecule has 2 aliphatic heterocycles. The van der Waals surface area contributed by atoms with Gasteiger partial charge in [0.1, 0.15) is 11.1 Å². The maximum atomic E-state index is 11.8. The predicted molar refractivity (Wildman–Crippen MR) is 113 cm³/mol. The molecule has 2 fully saturated rings. The lowest BCUT2D eigenvalue weighted by atomic mass is 9.85. The molecule has 0 amide bonds. The topological polar surface area (TPSA) is 94.6 Å². The van der Waals surface area contributed by atoms with Crippen molar-refractivity contribution in [2.75, 3.05) is 11.5 Å². The normalized spacial score (nSPS) is 26.6. The number of sulfone groups is 1. The lowest BCUT2D eigenvalue weighted by Gasteiger charge is -2.47. The van der Waals surface area contributed by atoms with Crippen molar-refractivity contribution in [3.05, 3.63) is 40.3 Å². The first-order chi connectivity index (χ1) is 13.7. The number of thiophene rings is 1. The molecule has 5 rings (SSSR count). The van der Waals surface area contributed by atoms with E-state index >= 15 is 0 Å². The number of hydrogen-bond donors (Lipinski definition) is 1. The second-order valence-electron chi connectivity index (χ2n) is 8.42. The van der Waals surface area contributed by atoms with Crippen LogP contribution in [0.15, 0.2) is 34.9 Å². The Kier molecular flexibility index (Phi) is 4.06. The fraction of sp³-hybridized carbons (Fsp3) is 0.429. The SMILES string of the molecule is CC1(c2cc(-c3cncc(C#CC4CC4)c3)cs2)CC2(CS(=O)(=O)C2)OC(N)=N1. The molecule has 2 aromatic heterocycles. The number of aromatic nitrogens is 1. The molecule has 0 aromatic carbocycles. The van der Waals surface area contributed by atoms with Gasteiger partial charge in [0, 0.05) is 40.7 Å². The molecule has 0 bridgehead atoms. The lowest BCUT2D eigenvalue weighted by molar-refractivity contribution is 0.0326. The Morgan fingerprint density at radius 2 is 2.03 bits per heavy atom. The van der Waals surface area contributed by atoms with Gasteiger partial charge in [0.05, 0.1) is 11.5 Å². The fourth-order valence-electron chi connectivity index (χ4n) is 4.10. The molecule has 1 saturated carbocycles. The number of aliphatic imine (C=N–C) groups is 1. The van der Waals surface area contributed by atoms with Crippen molar-refractivity contribution in [2.24, 2.45) is 16.6 Å². The zero-order valence-electron chi connectivity index (χ0n) is 16.0. The Bertz CT molecular complexity index is 1170. The molecule has 1 unspecified atom stereocenters. The van der Waals surface area contributed by atoms with Gasteiger partial charge < -0.3 is 10.5 Å².